The van der Waals surface area contributed by atoms with Crippen molar-refractivity contribution in [3.63, 3.8) is 0 Å². The molecule has 0 unspecified atom stereocenters. The van der Waals surface area contributed by atoms with Crippen LogP contribution in [0.5, 0.6) is 0 Å². The molecule has 0 aliphatic rings. The van der Waals surface area contributed by atoms with E-state index >= 15 is 0 Å². The maximum atomic E-state index is 11.7. The molecule has 0 saturated carbocycles. The lowest BCUT2D eigenvalue weighted by atomic mass is 10.1. The highest BCUT2D eigenvalue weighted by molar-refractivity contribution is 7.80. The molecule has 0 aliphatic heterocycles. The van der Waals surface area contributed by atoms with Crippen molar-refractivity contribution in [1.82, 2.24) is 5.43 Å². The Bertz CT molecular complexity index is 744. The molecule has 2 N–H and O–H groups in total. The lowest BCUT2D eigenvalue weighted by molar-refractivity contribution is 0.0600. The maximum Gasteiger partial charge on any atom is 0.338 e. The Morgan fingerprint density at radius 2 is 1.87 bits per heavy atom. The van der Waals surface area contributed by atoms with Gasteiger partial charge in [-0.3, -0.25) is 5.43 Å². The molecule has 5 nitrogen and oxygen atoms in total. The first-order valence-corrected chi connectivity index (χ1v) is 7.35. The van der Waals surface area contributed by atoms with Crippen LogP contribution in [0.4, 0.5) is 5.69 Å². The fourth-order valence-corrected chi connectivity index (χ4v) is 2.09. The summed E-state index contributed by atoms with van der Waals surface area (Å²) in [5.74, 6) is -0.410. The smallest absolute Gasteiger partial charge is 0.338 e. The minimum atomic E-state index is -0.410. The Labute approximate surface area is 140 Å². The van der Waals surface area contributed by atoms with Crippen molar-refractivity contribution in [3.8, 4) is 0 Å². The number of hydrazone groups is 1. The van der Waals surface area contributed by atoms with Gasteiger partial charge in [0.15, 0.2) is 5.11 Å². The van der Waals surface area contributed by atoms with Gasteiger partial charge >= 0.3 is 5.97 Å². The van der Waals surface area contributed by atoms with Gasteiger partial charge in [-0.15, -0.1) is 0 Å². The zero-order chi connectivity index (χ0) is 16.7. The number of hydrogen-bond donors (Lipinski definition) is 2. The van der Waals surface area contributed by atoms with E-state index in [0.717, 1.165) is 11.3 Å². The number of hydrogen-bond acceptors (Lipinski definition) is 4. The molecule has 0 aromatic heterocycles. The van der Waals surface area contributed by atoms with Crippen LogP contribution in [0, 0.1) is 6.92 Å². The minimum absolute atomic E-state index is 0.367. The molecule has 118 valence electrons. The van der Waals surface area contributed by atoms with Crippen molar-refractivity contribution in [2.75, 3.05) is 12.4 Å². The summed E-state index contributed by atoms with van der Waals surface area (Å²) in [5, 5.41) is 7.48. The van der Waals surface area contributed by atoms with Gasteiger partial charge in [0.25, 0.3) is 0 Å². The summed E-state index contributed by atoms with van der Waals surface area (Å²) in [7, 11) is 1.34. The normalized spacial score (nSPS) is 10.3. The number of ether oxygens (including phenoxy) is 1. The summed E-state index contributed by atoms with van der Waals surface area (Å²) < 4.78 is 4.74. The van der Waals surface area contributed by atoms with Gasteiger partial charge in [-0.05, 0) is 36.8 Å². The molecule has 0 atom stereocenters. The van der Waals surface area contributed by atoms with Gasteiger partial charge in [-0.2, -0.15) is 5.10 Å². The highest BCUT2D eigenvalue weighted by atomic mass is 32.1. The number of anilines is 1. The minimum Gasteiger partial charge on any atom is -0.465 e. The number of methoxy groups -OCH3 is 1. The van der Waals surface area contributed by atoms with E-state index in [0.29, 0.717) is 16.2 Å². The van der Waals surface area contributed by atoms with Gasteiger partial charge in [0.2, 0.25) is 0 Å². The van der Waals surface area contributed by atoms with E-state index in [1.807, 2.05) is 37.3 Å². The van der Waals surface area contributed by atoms with Crippen molar-refractivity contribution in [3.05, 3.63) is 65.2 Å². The zero-order valence-electron chi connectivity index (χ0n) is 12.9. The van der Waals surface area contributed by atoms with Gasteiger partial charge < -0.3 is 10.1 Å². The van der Waals surface area contributed by atoms with Gasteiger partial charge in [0.05, 0.1) is 18.9 Å². The molecule has 0 fully saturated rings. The van der Waals surface area contributed by atoms with Gasteiger partial charge in [0, 0.05) is 11.3 Å². The lowest BCUT2D eigenvalue weighted by Gasteiger charge is -2.09. The number of rotatable bonds is 4. The number of aryl methyl sites for hydroxylation is 1. The number of thiocarbonyl (C=S) groups is 1. The van der Waals surface area contributed by atoms with Crippen LogP contribution in [-0.4, -0.2) is 24.4 Å². The van der Waals surface area contributed by atoms with E-state index in [1.54, 1.807) is 18.2 Å². The number of carbonyl (C=O) groups excluding carboxylic acids is 1. The average Bonchev–Trinajstić information content (AvgIpc) is 2.57. The van der Waals surface area contributed by atoms with Gasteiger partial charge in [0.1, 0.15) is 0 Å². The molecule has 2 aromatic rings. The van der Waals surface area contributed by atoms with Crippen LogP contribution in [0.25, 0.3) is 0 Å². The van der Waals surface area contributed by atoms with Crippen LogP contribution in [0.15, 0.2) is 53.6 Å². The zero-order valence-corrected chi connectivity index (χ0v) is 13.7. The molecular weight excluding hydrogens is 310 g/mol. The standard InChI is InChI=1S/C17H17N3O2S/c1-12-7-3-6-10-15(12)19-17(23)20-18-11-13-8-4-5-9-14(13)16(21)22-2/h3-11H,1-2H3,(H2,19,20,23)/b18-11-. The number of benzene rings is 2. The SMILES string of the molecule is COC(=O)c1ccccc1/C=N\NC(=S)Nc1ccccc1C. The molecule has 2 aromatic carbocycles. The Hall–Kier alpha value is -2.73. The van der Waals surface area contributed by atoms with Crippen molar-refractivity contribution in [2.45, 2.75) is 6.92 Å². The second-order valence-electron chi connectivity index (χ2n) is 4.72. The number of nitrogens with zero attached hydrogens (tertiary/aromatic N) is 1. The summed E-state index contributed by atoms with van der Waals surface area (Å²) in [6.45, 7) is 1.99. The summed E-state index contributed by atoms with van der Waals surface area (Å²) in [6.07, 6.45) is 1.53. The van der Waals surface area contributed by atoms with Crippen LogP contribution in [0.2, 0.25) is 0 Å². The van der Waals surface area contributed by atoms with E-state index < -0.39 is 5.97 Å². The summed E-state index contributed by atoms with van der Waals surface area (Å²) in [4.78, 5) is 11.7. The molecule has 23 heavy (non-hydrogen) atoms. The molecule has 0 amide bonds. The number of nitrogens with one attached hydrogen (secondary N) is 2. The van der Waals surface area contributed by atoms with Crippen molar-refractivity contribution in [1.29, 1.82) is 0 Å². The molecule has 0 spiro atoms. The predicted molar refractivity (Wildman–Crippen MR) is 95.9 cm³/mol. The molecule has 2 rings (SSSR count). The van der Waals surface area contributed by atoms with E-state index in [1.165, 1.54) is 13.3 Å². The highest BCUT2D eigenvalue weighted by Crippen LogP contribution is 2.12. The fraction of sp³-hybridized carbons (Fsp3) is 0.118. The number of carbonyl (C=O) groups is 1. The Morgan fingerprint density at radius 3 is 2.61 bits per heavy atom. The third-order valence-electron chi connectivity index (χ3n) is 3.13. The topological polar surface area (TPSA) is 62.7 Å². The van der Waals surface area contributed by atoms with Crippen molar-refractivity contribution >= 4 is 35.2 Å². The average molecular weight is 327 g/mol. The Morgan fingerprint density at radius 1 is 1.17 bits per heavy atom. The molecular formula is C17H17N3O2S. The quantitative estimate of drug-likeness (QED) is 0.391. The van der Waals surface area contributed by atoms with E-state index in [2.05, 4.69) is 15.8 Å². The maximum absolute atomic E-state index is 11.7. The van der Waals surface area contributed by atoms with Crippen molar-refractivity contribution in [2.24, 2.45) is 5.10 Å². The van der Waals surface area contributed by atoms with Gasteiger partial charge in [-0.1, -0.05) is 36.4 Å². The monoisotopic (exact) mass is 327 g/mol. The molecule has 0 radical (unpaired) electrons. The Balaban J connectivity index is 2.01. The second-order valence-corrected chi connectivity index (χ2v) is 5.13. The highest BCUT2D eigenvalue weighted by Gasteiger charge is 2.09. The fourth-order valence-electron chi connectivity index (χ4n) is 1.93. The van der Waals surface area contributed by atoms with Crippen molar-refractivity contribution < 1.29 is 9.53 Å². The van der Waals surface area contributed by atoms with E-state index in [9.17, 15) is 4.79 Å². The third kappa shape index (κ3) is 4.62. The summed E-state index contributed by atoms with van der Waals surface area (Å²) in [6, 6.07) is 14.8. The van der Waals surface area contributed by atoms with E-state index in [-0.39, 0.29) is 0 Å². The third-order valence-corrected chi connectivity index (χ3v) is 3.32. The van der Waals surface area contributed by atoms with Crippen LogP contribution >= 0.6 is 12.2 Å². The summed E-state index contributed by atoms with van der Waals surface area (Å²) >= 11 is 5.19. The van der Waals surface area contributed by atoms with Gasteiger partial charge in [-0.25, -0.2) is 4.79 Å². The largest absolute Gasteiger partial charge is 0.465 e. The van der Waals surface area contributed by atoms with Crippen LogP contribution in [0.1, 0.15) is 21.5 Å². The lowest BCUT2D eigenvalue weighted by Crippen LogP contribution is -2.24. The van der Waals surface area contributed by atoms with E-state index in [4.69, 9.17) is 17.0 Å². The van der Waals surface area contributed by atoms with Crippen LogP contribution in [0.3, 0.4) is 0 Å². The molecule has 0 saturated heterocycles. The molecule has 6 heteroatoms. The molecule has 0 bridgehead atoms. The number of esters is 1. The predicted octanol–water partition coefficient (Wildman–Crippen LogP) is 3.10. The Kier molecular flexibility index (Phi) is 5.82. The first-order valence-electron chi connectivity index (χ1n) is 6.95. The van der Waals surface area contributed by atoms with Crippen LogP contribution in [-0.2, 0) is 4.74 Å². The first-order chi connectivity index (χ1) is 11.1. The summed E-state index contributed by atoms with van der Waals surface area (Å²) in [5.41, 5.74) is 5.81. The molecule has 0 heterocycles. The molecule has 0 aliphatic carbocycles. The van der Waals surface area contributed by atoms with Crippen LogP contribution < -0.4 is 10.7 Å². The number of para-hydroxylation sites is 1. The second kappa shape index (κ2) is 8.05. The first kappa shape index (κ1) is 16.6.